The van der Waals surface area contributed by atoms with Crippen molar-refractivity contribution in [3.05, 3.63) is 89.4 Å². The number of aliphatic hydroxyl groups excluding tert-OH is 1. The number of hydrogen-bond acceptors (Lipinski definition) is 6. The molecule has 1 aromatic carbocycles. The smallest absolute Gasteiger partial charge is 0.259 e. The fraction of sp³-hybridized carbons (Fsp3) is 0.367. The number of nitrogens with zero attached hydrogens (tertiary/aromatic N) is 4. The molecule has 1 amide bonds. The van der Waals surface area contributed by atoms with Gasteiger partial charge in [-0.3, -0.25) is 14.7 Å². The van der Waals surface area contributed by atoms with Gasteiger partial charge in [0.25, 0.3) is 5.91 Å². The number of aliphatic hydroxyl groups is 1. The van der Waals surface area contributed by atoms with E-state index in [1.165, 1.54) is 0 Å². The Balaban J connectivity index is 1.59. The molecule has 0 saturated heterocycles. The average molecular weight is 499 g/mol. The minimum Gasteiger partial charge on any atom is -0.472 e. The summed E-state index contributed by atoms with van der Waals surface area (Å²) < 4.78 is 6.39. The lowest BCUT2D eigenvalue weighted by Gasteiger charge is -2.37. The Hall–Kier alpha value is -3.73. The monoisotopic (exact) mass is 498 g/mol. The van der Waals surface area contributed by atoms with Crippen LogP contribution >= 0.6 is 0 Å². The molecule has 3 aromatic rings. The average Bonchev–Trinajstić information content (AvgIpc) is 2.91. The molecule has 0 saturated carbocycles. The summed E-state index contributed by atoms with van der Waals surface area (Å²) in [5.74, 6) is 6.42. The first-order chi connectivity index (χ1) is 17.9. The Morgan fingerprint density at radius 1 is 1.19 bits per heavy atom. The van der Waals surface area contributed by atoms with E-state index in [2.05, 4.69) is 33.6 Å². The van der Waals surface area contributed by atoms with E-state index < -0.39 is 0 Å². The Bertz CT molecular complexity index is 1240. The molecule has 7 heteroatoms. The minimum absolute atomic E-state index is 0.0180. The summed E-state index contributed by atoms with van der Waals surface area (Å²) in [5.41, 5.74) is 3.13. The number of aromatic nitrogens is 2. The molecule has 0 fully saturated rings. The van der Waals surface area contributed by atoms with Gasteiger partial charge >= 0.3 is 0 Å². The standard InChI is InChI=1S/C30H34N4O3/c1-22-18-34(23(2)21-35)30(36)27-16-25(13-9-12-24-10-5-4-6-11-24)17-32-29(27)37-28(22)20-33(3)19-26-14-7-8-15-31-26/h4-8,10-11,14-17,22-23,28,35H,12,18-21H2,1-3H3/t22-,23-,28+/m0/s1. The second kappa shape index (κ2) is 12.5. The molecule has 1 N–H and O–H groups in total. The first-order valence-electron chi connectivity index (χ1n) is 12.6. The van der Waals surface area contributed by atoms with Crippen LogP contribution in [0.3, 0.4) is 0 Å². The summed E-state index contributed by atoms with van der Waals surface area (Å²) >= 11 is 0. The molecule has 2 aromatic heterocycles. The molecule has 1 aliphatic heterocycles. The number of carbonyl (C=O) groups is 1. The third kappa shape index (κ3) is 6.94. The summed E-state index contributed by atoms with van der Waals surface area (Å²) in [7, 11) is 2.03. The van der Waals surface area contributed by atoms with Gasteiger partial charge < -0.3 is 14.7 Å². The predicted molar refractivity (Wildman–Crippen MR) is 143 cm³/mol. The van der Waals surface area contributed by atoms with Crippen LogP contribution < -0.4 is 4.74 Å². The second-order valence-electron chi connectivity index (χ2n) is 9.68. The van der Waals surface area contributed by atoms with Crippen molar-refractivity contribution in [3.63, 3.8) is 0 Å². The predicted octanol–water partition coefficient (Wildman–Crippen LogP) is 3.42. The Labute approximate surface area is 219 Å². The van der Waals surface area contributed by atoms with Crippen molar-refractivity contribution in [2.24, 2.45) is 5.92 Å². The number of pyridine rings is 2. The Kier molecular flexibility index (Phi) is 8.89. The van der Waals surface area contributed by atoms with E-state index in [-0.39, 0.29) is 30.6 Å². The van der Waals surface area contributed by atoms with Crippen LogP contribution in [0.25, 0.3) is 0 Å². The van der Waals surface area contributed by atoms with E-state index >= 15 is 0 Å². The minimum atomic E-state index is -0.333. The molecule has 192 valence electrons. The summed E-state index contributed by atoms with van der Waals surface area (Å²) in [4.78, 5) is 26.4. The number of ether oxygens (including phenoxy) is 1. The van der Waals surface area contributed by atoms with E-state index in [4.69, 9.17) is 4.74 Å². The SMILES string of the molecule is C[C@H]1CN([C@@H](C)CO)C(=O)c2cc(C#CCc3ccccc3)cnc2O[C@@H]1CN(C)Cc1ccccn1. The lowest BCUT2D eigenvalue weighted by molar-refractivity contribution is 0.0324. The zero-order valence-corrected chi connectivity index (χ0v) is 21.7. The van der Waals surface area contributed by atoms with Crippen LogP contribution in [0.4, 0.5) is 0 Å². The van der Waals surface area contributed by atoms with Gasteiger partial charge in [-0.1, -0.05) is 55.2 Å². The van der Waals surface area contributed by atoms with Crippen LogP contribution in [0, 0.1) is 17.8 Å². The van der Waals surface area contributed by atoms with Crippen molar-refractivity contribution >= 4 is 5.91 Å². The highest BCUT2D eigenvalue weighted by Crippen LogP contribution is 2.27. The van der Waals surface area contributed by atoms with Crippen LogP contribution in [0.15, 0.2) is 67.0 Å². The summed E-state index contributed by atoms with van der Waals surface area (Å²) in [6.45, 7) is 5.57. The topological polar surface area (TPSA) is 78.8 Å². The number of amides is 1. The van der Waals surface area contributed by atoms with Gasteiger partial charge in [0.05, 0.1) is 18.3 Å². The third-order valence-electron chi connectivity index (χ3n) is 6.54. The van der Waals surface area contributed by atoms with Crippen LogP contribution in [0.5, 0.6) is 5.88 Å². The van der Waals surface area contributed by atoms with Gasteiger partial charge in [-0.25, -0.2) is 4.98 Å². The maximum absolute atomic E-state index is 13.6. The third-order valence-corrected chi connectivity index (χ3v) is 6.54. The molecule has 37 heavy (non-hydrogen) atoms. The van der Waals surface area contributed by atoms with E-state index in [1.807, 2.05) is 62.5 Å². The summed E-state index contributed by atoms with van der Waals surface area (Å²) in [6.07, 6.45) is 3.85. The normalized spacial score (nSPS) is 18.2. The number of carbonyl (C=O) groups excluding carboxylic acids is 1. The van der Waals surface area contributed by atoms with Gasteiger partial charge in [0.1, 0.15) is 11.7 Å². The van der Waals surface area contributed by atoms with Crippen molar-refractivity contribution in [2.75, 3.05) is 26.7 Å². The molecule has 0 bridgehead atoms. The first kappa shape index (κ1) is 26.3. The summed E-state index contributed by atoms with van der Waals surface area (Å²) in [5, 5.41) is 9.88. The highest BCUT2D eigenvalue weighted by atomic mass is 16.5. The number of likely N-dealkylation sites (N-methyl/N-ethyl adjacent to an activating group) is 1. The number of rotatable bonds is 7. The van der Waals surface area contributed by atoms with Crippen LogP contribution in [-0.2, 0) is 13.0 Å². The maximum Gasteiger partial charge on any atom is 0.259 e. The highest BCUT2D eigenvalue weighted by Gasteiger charge is 2.34. The molecule has 7 nitrogen and oxygen atoms in total. The number of fused-ring (bicyclic) bond motifs is 1. The lowest BCUT2D eigenvalue weighted by atomic mass is 10.00. The van der Waals surface area contributed by atoms with Gasteiger partial charge in [0, 0.05) is 49.9 Å². The fourth-order valence-corrected chi connectivity index (χ4v) is 4.37. The highest BCUT2D eigenvalue weighted by molar-refractivity contribution is 5.97. The zero-order valence-electron chi connectivity index (χ0n) is 21.7. The Morgan fingerprint density at radius 2 is 1.97 bits per heavy atom. The van der Waals surface area contributed by atoms with Gasteiger partial charge in [0.2, 0.25) is 5.88 Å². The van der Waals surface area contributed by atoms with E-state index in [0.717, 1.165) is 11.3 Å². The fourth-order valence-electron chi connectivity index (χ4n) is 4.37. The van der Waals surface area contributed by atoms with Crippen LogP contribution in [-0.4, -0.2) is 69.7 Å². The van der Waals surface area contributed by atoms with Crippen molar-refractivity contribution in [3.8, 4) is 17.7 Å². The van der Waals surface area contributed by atoms with E-state index in [0.29, 0.717) is 43.1 Å². The second-order valence-corrected chi connectivity index (χ2v) is 9.68. The van der Waals surface area contributed by atoms with Crippen molar-refractivity contribution in [1.82, 2.24) is 19.8 Å². The lowest BCUT2D eigenvalue weighted by Crippen LogP contribution is -2.49. The molecule has 0 unspecified atom stereocenters. The van der Waals surface area contributed by atoms with E-state index in [1.54, 1.807) is 23.4 Å². The molecule has 0 radical (unpaired) electrons. The molecule has 0 spiro atoms. The first-order valence-corrected chi connectivity index (χ1v) is 12.6. The largest absolute Gasteiger partial charge is 0.472 e. The Morgan fingerprint density at radius 3 is 2.70 bits per heavy atom. The number of hydrogen-bond donors (Lipinski definition) is 1. The van der Waals surface area contributed by atoms with E-state index in [9.17, 15) is 9.90 Å². The molecule has 4 rings (SSSR count). The summed E-state index contributed by atoms with van der Waals surface area (Å²) in [6, 6.07) is 17.3. The molecular formula is C30H34N4O3. The molecule has 3 heterocycles. The van der Waals surface area contributed by atoms with Crippen LogP contribution in [0.2, 0.25) is 0 Å². The van der Waals surface area contributed by atoms with Crippen molar-refractivity contribution in [2.45, 2.75) is 39.0 Å². The quantitative estimate of drug-likeness (QED) is 0.503. The molecule has 3 atom stereocenters. The maximum atomic E-state index is 13.6. The molecule has 0 aliphatic carbocycles. The van der Waals surface area contributed by atoms with Crippen molar-refractivity contribution in [1.29, 1.82) is 0 Å². The van der Waals surface area contributed by atoms with Gasteiger partial charge in [-0.05, 0) is 37.7 Å². The van der Waals surface area contributed by atoms with Gasteiger partial charge in [-0.2, -0.15) is 0 Å². The van der Waals surface area contributed by atoms with Gasteiger partial charge in [-0.15, -0.1) is 0 Å². The van der Waals surface area contributed by atoms with Gasteiger partial charge in [0.15, 0.2) is 0 Å². The van der Waals surface area contributed by atoms with Crippen molar-refractivity contribution < 1.29 is 14.6 Å². The zero-order chi connectivity index (χ0) is 26.2. The molecule has 1 aliphatic rings. The molecular weight excluding hydrogens is 464 g/mol. The number of benzene rings is 1. The van der Waals surface area contributed by atoms with Crippen LogP contribution in [0.1, 0.15) is 41.0 Å².